The number of aliphatic hydroxyl groups excluding tert-OH is 1. The third kappa shape index (κ3) is 2.15. The lowest BCUT2D eigenvalue weighted by Gasteiger charge is -2.16. The topological polar surface area (TPSA) is 41.5 Å². The zero-order valence-electron chi connectivity index (χ0n) is 7.21. The Morgan fingerprint density at radius 3 is 2.82 bits per heavy atom. The fraction of sp³-hybridized carbons (Fsp3) is 1.00. The maximum atomic E-state index is 9.33. The molecule has 3 atom stereocenters. The van der Waals surface area contributed by atoms with Gasteiger partial charge in [-0.05, 0) is 19.9 Å². The highest BCUT2D eigenvalue weighted by atomic mass is 16.5. The van der Waals surface area contributed by atoms with Crippen molar-refractivity contribution in [3.63, 3.8) is 0 Å². The van der Waals surface area contributed by atoms with Gasteiger partial charge >= 0.3 is 0 Å². The van der Waals surface area contributed by atoms with Gasteiger partial charge < -0.3 is 15.2 Å². The normalized spacial score (nSPS) is 37.9. The Kier molecular flexibility index (Phi) is 3.30. The highest BCUT2D eigenvalue weighted by Crippen LogP contribution is 2.25. The molecule has 0 spiro atoms. The average Bonchev–Trinajstić information content (AvgIpc) is 2.32. The van der Waals surface area contributed by atoms with Crippen LogP contribution in [0.25, 0.3) is 0 Å². The van der Waals surface area contributed by atoms with Gasteiger partial charge in [-0.2, -0.15) is 0 Å². The van der Waals surface area contributed by atoms with E-state index in [1.54, 1.807) is 7.11 Å². The summed E-state index contributed by atoms with van der Waals surface area (Å²) >= 11 is 0. The molecule has 3 unspecified atom stereocenters. The second-order valence-corrected chi connectivity index (χ2v) is 3.24. The lowest BCUT2D eigenvalue weighted by molar-refractivity contribution is 0.130. The van der Waals surface area contributed by atoms with Crippen molar-refractivity contribution in [2.75, 3.05) is 20.8 Å². The predicted octanol–water partition coefficient (Wildman–Crippen LogP) is -0.00830. The summed E-state index contributed by atoms with van der Waals surface area (Å²) in [6, 6.07) is 0.435. The van der Waals surface area contributed by atoms with Crippen LogP contribution in [0.15, 0.2) is 0 Å². The average molecular weight is 159 g/mol. The van der Waals surface area contributed by atoms with Crippen LogP contribution in [-0.4, -0.2) is 38.0 Å². The number of methoxy groups -OCH3 is 1. The molecule has 1 saturated carbocycles. The van der Waals surface area contributed by atoms with Crippen LogP contribution in [0.4, 0.5) is 0 Å². The van der Waals surface area contributed by atoms with E-state index >= 15 is 0 Å². The van der Waals surface area contributed by atoms with Gasteiger partial charge in [-0.15, -0.1) is 0 Å². The Hall–Kier alpha value is -0.120. The van der Waals surface area contributed by atoms with E-state index < -0.39 is 0 Å². The quantitative estimate of drug-likeness (QED) is 0.608. The molecule has 11 heavy (non-hydrogen) atoms. The van der Waals surface area contributed by atoms with E-state index in [1.807, 2.05) is 7.05 Å². The Labute approximate surface area is 67.7 Å². The molecule has 0 aliphatic heterocycles. The van der Waals surface area contributed by atoms with Crippen LogP contribution in [0.3, 0.4) is 0 Å². The zero-order valence-corrected chi connectivity index (χ0v) is 7.21. The first kappa shape index (κ1) is 8.97. The second-order valence-electron chi connectivity index (χ2n) is 3.24. The highest BCUT2D eigenvalue weighted by Gasteiger charge is 2.31. The van der Waals surface area contributed by atoms with E-state index in [0.717, 1.165) is 19.4 Å². The zero-order chi connectivity index (χ0) is 8.27. The van der Waals surface area contributed by atoms with E-state index in [9.17, 15) is 5.11 Å². The molecule has 3 heteroatoms. The van der Waals surface area contributed by atoms with Crippen molar-refractivity contribution in [1.29, 1.82) is 0 Å². The predicted molar refractivity (Wildman–Crippen MR) is 43.5 cm³/mol. The molecule has 0 bridgehead atoms. The van der Waals surface area contributed by atoms with Gasteiger partial charge in [0.25, 0.3) is 0 Å². The van der Waals surface area contributed by atoms with Gasteiger partial charge in [-0.25, -0.2) is 0 Å². The summed E-state index contributed by atoms with van der Waals surface area (Å²) < 4.78 is 5.06. The maximum absolute atomic E-state index is 9.33. The van der Waals surface area contributed by atoms with E-state index in [4.69, 9.17) is 4.74 Å². The summed E-state index contributed by atoms with van der Waals surface area (Å²) in [6.07, 6.45) is 1.61. The summed E-state index contributed by atoms with van der Waals surface area (Å²) in [5.41, 5.74) is 0. The number of rotatable bonds is 3. The SMILES string of the molecule is CNC1CC(O)CC1COC. The van der Waals surface area contributed by atoms with Crippen LogP contribution in [0.2, 0.25) is 0 Å². The molecule has 0 heterocycles. The largest absolute Gasteiger partial charge is 0.393 e. The summed E-state index contributed by atoms with van der Waals surface area (Å²) in [7, 11) is 3.64. The number of nitrogens with one attached hydrogen (secondary N) is 1. The molecule has 0 aromatic heterocycles. The maximum Gasteiger partial charge on any atom is 0.0559 e. The van der Waals surface area contributed by atoms with E-state index in [-0.39, 0.29) is 6.10 Å². The molecule has 0 saturated heterocycles. The molecule has 3 nitrogen and oxygen atoms in total. The van der Waals surface area contributed by atoms with Crippen LogP contribution in [0.1, 0.15) is 12.8 Å². The Morgan fingerprint density at radius 2 is 2.27 bits per heavy atom. The molecule has 1 fully saturated rings. The van der Waals surface area contributed by atoms with Crippen molar-refractivity contribution in [1.82, 2.24) is 5.32 Å². The molecule has 1 aliphatic carbocycles. The molecule has 1 aliphatic rings. The number of hydrogen-bond donors (Lipinski definition) is 2. The van der Waals surface area contributed by atoms with E-state index in [2.05, 4.69) is 5.32 Å². The minimum Gasteiger partial charge on any atom is -0.393 e. The molecule has 1 rings (SSSR count). The van der Waals surface area contributed by atoms with Crippen LogP contribution < -0.4 is 5.32 Å². The molecule has 0 aromatic rings. The molecular weight excluding hydrogens is 142 g/mol. The first-order chi connectivity index (χ1) is 5.27. The van der Waals surface area contributed by atoms with E-state index in [1.165, 1.54) is 0 Å². The van der Waals surface area contributed by atoms with Gasteiger partial charge in [0.05, 0.1) is 12.7 Å². The monoisotopic (exact) mass is 159 g/mol. The van der Waals surface area contributed by atoms with Crippen molar-refractivity contribution in [2.45, 2.75) is 25.0 Å². The first-order valence-corrected chi connectivity index (χ1v) is 4.12. The Morgan fingerprint density at radius 1 is 1.55 bits per heavy atom. The minimum absolute atomic E-state index is 0.132. The molecule has 0 radical (unpaired) electrons. The lowest BCUT2D eigenvalue weighted by atomic mass is 10.1. The summed E-state index contributed by atoms with van der Waals surface area (Å²) in [5.74, 6) is 0.486. The van der Waals surface area contributed by atoms with Crippen molar-refractivity contribution < 1.29 is 9.84 Å². The van der Waals surface area contributed by atoms with Crippen LogP contribution in [-0.2, 0) is 4.74 Å². The van der Waals surface area contributed by atoms with Crippen LogP contribution in [0, 0.1) is 5.92 Å². The summed E-state index contributed by atoms with van der Waals surface area (Å²) in [4.78, 5) is 0. The highest BCUT2D eigenvalue weighted by molar-refractivity contribution is 4.87. The van der Waals surface area contributed by atoms with Crippen molar-refractivity contribution in [3.8, 4) is 0 Å². The third-order valence-electron chi connectivity index (χ3n) is 2.42. The molecular formula is C8H17NO2. The fourth-order valence-corrected chi connectivity index (χ4v) is 1.85. The number of hydrogen-bond acceptors (Lipinski definition) is 3. The first-order valence-electron chi connectivity index (χ1n) is 4.12. The number of ether oxygens (including phenoxy) is 1. The van der Waals surface area contributed by atoms with Gasteiger partial charge in [0.15, 0.2) is 0 Å². The standard InChI is InChI=1S/C8H17NO2/c1-9-8-4-7(10)3-6(8)5-11-2/h6-10H,3-5H2,1-2H3. The smallest absolute Gasteiger partial charge is 0.0559 e. The van der Waals surface area contributed by atoms with E-state index in [0.29, 0.717) is 12.0 Å². The Bertz CT molecular complexity index is 119. The fourth-order valence-electron chi connectivity index (χ4n) is 1.85. The molecule has 2 N–H and O–H groups in total. The van der Waals surface area contributed by atoms with Crippen LogP contribution >= 0.6 is 0 Å². The second kappa shape index (κ2) is 4.04. The third-order valence-corrected chi connectivity index (χ3v) is 2.42. The van der Waals surface area contributed by atoms with Crippen LogP contribution in [0.5, 0.6) is 0 Å². The Balaban J connectivity index is 2.37. The van der Waals surface area contributed by atoms with Gasteiger partial charge in [0.2, 0.25) is 0 Å². The van der Waals surface area contributed by atoms with Crippen molar-refractivity contribution in [2.24, 2.45) is 5.92 Å². The van der Waals surface area contributed by atoms with Gasteiger partial charge in [-0.3, -0.25) is 0 Å². The van der Waals surface area contributed by atoms with Gasteiger partial charge in [0, 0.05) is 19.1 Å². The summed E-state index contributed by atoms with van der Waals surface area (Å²) in [6.45, 7) is 0.753. The molecule has 66 valence electrons. The van der Waals surface area contributed by atoms with Gasteiger partial charge in [-0.1, -0.05) is 0 Å². The van der Waals surface area contributed by atoms with Crippen molar-refractivity contribution >= 4 is 0 Å². The lowest BCUT2D eigenvalue weighted by Crippen LogP contribution is -2.31. The molecule has 0 amide bonds. The van der Waals surface area contributed by atoms with Gasteiger partial charge in [0.1, 0.15) is 0 Å². The van der Waals surface area contributed by atoms with Crippen molar-refractivity contribution in [3.05, 3.63) is 0 Å². The summed E-state index contributed by atoms with van der Waals surface area (Å²) in [5, 5.41) is 12.5. The molecule has 0 aromatic carbocycles. The number of aliphatic hydroxyl groups is 1. The minimum atomic E-state index is -0.132.